The van der Waals surface area contributed by atoms with Gasteiger partial charge in [-0.15, -0.1) is 11.3 Å². The predicted octanol–water partition coefficient (Wildman–Crippen LogP) is 2.98. The van der Waals surface area contributed by atoms with Crippen LogP contribution in [-0.4, -0.2) is 31.8 Å². The number of hydrogen-bond donors (Lipinski definition) is 1. The fourth-order valence-electron chi connectivity index (χ4n) is 2.06. The zero-order valence-corrected chi connectivity index (χ0v) is 16.5. The molecule has 1 aromatic carbocycles. The highest BCUT2D eigenvalue weighted by molar-refractivity contribution is 7.89. The monoisotopic (exact) mass is 367 g/mol. The summed E-state index contributed by atoms with van der Waals surface area (Å²) in [6, 6.07) is 6.97. The zero-order chi connectivity index (χ0) is 18.0. The molecule has 0 fully saturated rings. The Balaban J connectivity index is 1.93. The van der Waals surface area contributed by atoms with Crippen LogP contribution in [0.2, 0.25) is 0 Å². The normalized spacial score (nSPS) is 12.8. The van der Waals surface area contributed by atoms with Crippen LogP contribution in [-0.2, 0) is 28.5 Å². The van der Waals surface area contributed by atoms with E-state index in [-0.39, 0.29) is 5.41 Å². The largest absolute Gasteiger partial charge is 0.307 e. The Morgan fingerprint density at radius 1 is 1.12 bits per heavy atom. The molecule has 0 amide bonds. The minimum absolute atomic E-state index is 0.0800. The molecule has 0 saturated carbocycles. The molecule has 0 aliphatic rings. The first-order valence-corrected chi connectivity index (χ1v) is 10.1. The molecule has 132 valence electrons. The van der Waals surface area contributed by atoms with Crippen LogP contribution in [0.5, 0.6) is 0 Å². The first kappa shape index (κ1) is 19.1. The number of rotatable bonds is 6. The third-order valence-corrected chi connectivity index (χ3v) is 6.68. The third kappa shape index (κ3) is 4.63. The van der Waals surface area contributed by atoms with Gasteiger partial charge in [-0.1, -0.05) is 32.9 Å². The van der Waals surface area contributed by atoms with Gasteiger partial charge in [-0.3, -0.25) is 0 Å². The fraction of sp³-hybridized carbons (Fsp3) is 0.471. The van der Waals surface area contributed by atoms with Gasteiger partial charge in [0.2, 0.25) is 10.0 Å². The van der Waals surface area contributed by atoms with Crippen molar-refractivity contribution in [3.05, 3.63) is 45.9 Å². The summed E-state index contributed by atoms with van der Waals surface area (Å²) in [5.74, 6) is 0. The number of nitrogens with zero attached hydrogens (tertiary/aromatic N) is 2. The first-order valence-electron chi connectivity index (χ1n) is 7.78. The van der Waals surface area contributed by atoms with E-state index in [2.05, 4.69) is 36.5 Å². The molecular weight excluding hydrogens is 342 g/mol. The van der Waals surface area contributed by atoms with Gasteiger partial charge in [-0.05, 0) is 17.7 Å². The number of benzene rings is 1. The minimum atomic E-state index is -3.36. The Hall–Kier alpha value is -1.28. The lowest BCUT2D eigenvalue weighted by Gasteiger charge is -2.13. The number of nitrogens with one attached hydrogen (secondary N) is 1. The number of sulfonamides is 1. The standard InChI is InChI=1S/C17H25N3O2S2/c1-17(2,3)16-19-14(12-23-16)11-18-10-13-6-8-15(9-7-13)24(21,22)20(4)5/h6-9,12,18H,10-11H2,1-5H3. The topological polar surface area (TPSA) is 62.3 Å². The Morgan fingerprint density at radius 2 is 1.75 bits per heavy atom. The average Bonchev–Trinajstić information content (AvgIpc) is 2.96. The molecule has 1 heterocycles. The van der Waals surface area contributed by atoms with Crippen LogP contribution in [0.4, 0.5) is 0 Å². The molecule has 0 atom stereocenters. The van der Waals surface area contributed by atoms with E-state index in [9.17, 15) is 8.42 Å². The van der Waals surface area contributed by atoms with Crippen molar-refractivity contribution in [1.82, 2.24) is 14.6 Å². The van der Waals surface area contributed by atoms with Gasteiger partial charge >= 0.3 is 0 Å². The molecule has 0 radical (unpaired) electrons. The van der Waals surface area contributed by atoms with E-state index >= 15 is 0 Å². The van der Waals surface area contributed by atoms with Gasteiger partial charge in [-0.2, -0.15) is 0 Å². The van der Waals surface area contributed by atoms with E-state index in [1.165, 1.54) is 18.4 Å². The van der Waals surface area contributed by atoms with Crippen molar-refractivity contribution in [3.8, 4) is 0 Å². The van der Waals surface area contributed by atoms with E-state index in [1.807, 2.05) is 12.1 Å². The summed E-state index contributed by atoms with van der Waals surface area (Å²) < 4.78 is 25.3. The molecule has 2 rings (SSSR count). The van der Waals surface area contributed by atoms with Gasteiger partial charge in [-0.25, -0.2) is 17.7 Å². The van der Waals surface area contributed by atoms with Crippen LogP contribution in [0.25, 0.3) is 0 Å². The van der Waals surface area contributed by atoms with E-state index < -0.39 is 10.0 Å². The van der Waals surface area contributed by atoms with Crippen LogP contribution in [0.3, 0.4) is 0 Å². The van der Waals surface area contributed by atoms with Gasteiger partial charge in [0.05, 0.1) is 15.6 Å². The number of hydrogen-bond acceptors (Lipinski definition) is 5. The second kappa shape index (κ2) is 7.31. The quantitative estimate of drug-likeness (QED) is 0.853. The Labute approximate surface area is 148 Å². The van der Waals surface area contributed by atoms with E-state index in [0.29, 0.717) is 18.0 Å². The molecule has 0 aliphatic carbocycles. The van der Waals surface area contributed by atoms with Crippen molar-refractivity contribution in [2.75, 3.05) is 14.1 Å². The summed E-state index contributed by atoms with van der Waals surface area (Å²) in [6.07, 6.45) is 0. The second-order valence-corrected chi connectivity index (χ2v) is 9.94. The highest BCUT2D eigenvalue weighted by atomic mass is 32.2. The SMILES string of the molecule is CN(C)S(=O)(=O)c1ccc(CNCc2csc(C(C)(C)C)n2)cc1. The van der Waals surface area contributed by atoms with Crippen LogP contribution in [0, 0.1) is 0 Å². The molecule has 0 bridgehead atoms. The Morgan fingerprint density at radius 3 is 2.25 bits per heavy atom. The molecule has 0 aliphatic heterocycles. The highest BCUT2D eigenvalue weighted by Crippen LogP contribution is 2.25. The molecule has 1 aromatic heterocycles. The molecule has 7 heteroatoms. The Bertz CT molecular complexity index is 773. The van der Waals surface area contributed by atoms with Crippen molar-refractivity contribution in [3.63, 3.8) is 0 Å². The molecule has 24 heavy (non-hydrogen) atoms. The van der Waals surface area contributed by atoms with E-state index in [4.69, 9.17) is 0 Å². The van der Waals surface area contributed by atoms with Crippen LogP contribution >= 0.6 is 11.3 Å². The minimum Gasteiger partial charge on any atom is -0.307 e. The third-order valence-electron chi connectivity index (χ3n) is 3.53. The molecule has 5 nitrogen and oxygen atoms in total. The lowest BCUT2D eigenvalue weighted by Crippen LogP contribution is -2.22. The maximum absolute atomic E-state index is 12.0. The molecule has 1 N–H and O–H groups in total. The second-order valence-electron chi connectivity index (χ2n) is 6.93. The van der Waals surface area contributed by atoms with Crippen molar-refractivity contribution >= 4 is 21.4 Å². The van der Waals surface area contributed by atoms with Crippen molar-refractivity contribution < 1.29 is 8.42 Å². The fourth-order valence-corrected chi connectivity index (χ4v) is 3.87. The maximum Gasteiger partial charge on any atom is 0.242 e. The lowest BCUT2D eigenvalue weighted by molar-refractivity contribution is 0.520. The number of thiazole rings is 1. The van der Waals surface area contributed by atoms with E-state index in [1.54, 1.807) is 23.5 Å². The Kier molecular flexibility index (Phi) is 5.80. The van der Waals surface area contributed by atoms with Gasteiger partial charge in [0.25, 0.3) is 0 Å². The van der Waals surface area contributed by atoms with Gasteiger partial charge in [0.1, 0.15) is 0 Å². The van der Waals surface area contributed by atoms with Crippen LogP contribution < -0.4 is 5.32 Å². The summed E-state index contributed by atoms with van der Waals surface area (Å²) in [7, 11) is -0.300. The summed E-state index contributed by atoms with van der Waals surface area (Å²) in [4.78, 5) is 4.96. The lowest BCUT2D eigenvalue weighted by atomic mass is 9.98. The maximum atomic E-state index is 12.0. The van der Waals surface area contributed by atoms with Gasteiger partial charge in [0.15, 0.2) is 0 Å². The summed E-state index contributed by atoms with van der Waals surface area (Å²) in [5.41, 5.74) is 2.16. The number of aromatic nitrogens is 1. The van der Waals surface area contributed by atoms with Crippen molar-refractivity contribution in [2.45, 2.75) is 44.2 Å². The first-order chi connectivity index (χ1) is 11.1. The van der Waals surface area contributed by atoms with Crippen molar-refractivity contribution in [1.29, 1.82) is 0 Å². The van der Waals surface area contributed by atoms with Gasteiger partial charge in [0, 0.05) is 38.0 Å². The van der Waals surface area contributed by atoms with Crippen molar-refractivity contribution in [2.24, 2.45) is 0 Å². The van der Waals surface area contributed by atoms with Crippen LogP contribution in [0.15, 0.2) is 34.5 Å². The van der Waals surface area contributed by atoms with E-state index in [0.717, 1.165) is 16.3 Å². The molecule has 2 aromatic rings. The molecular formula is C17H25N3O2S2. The highest BCUT2D eigenvalue weighted by Gasteiger charge is 2.18. The molecule has 0 unspecified atom stereocenters. The van der Waals surface area contributed by atoms with Gasteiger partial charge < -0.3 is 5.32 Å². The van der Waals surface area contributed by atoms with Crippen LogP contribution in [0.1, 0.15) is 37.0 Å². The average molecular weight is 368 g/mol. The zero-order valence-electron chi connectivity index (χ0n) is 14.8. The molecule has 0 spiro atoms. The summed E-state index contributed by atoms with van der Waals surface area (Å²) in [6.45, 7) is 7.85. The summed E-state index contributed by atoms with van der Waals surface area (Å²) >= 11 is 1.69. The smallest absolute Gasteiger partial charge is 0.242 e. The molecule has 0 saturated heterocycles. The summed E-state index contributed by atoms with van der Waals surface area (Å²) in [5, 5.41) is 6.57. The predicted molar refractivity (Wildman–Crippen MR) is 98.7 cm³/mol.